The molecule has 1 heterocycles. The van der Waals surface area contributed by atoms with Crippen molar-refractivity contribution in [1.29, 1.82) is 0 Å². The highest BCUT2D eigenvalue weighted by Gasteiger charge is 2.17. The number of thiazole rings is 1. The van der Waals surface area contributed by atoms with Gasteiger partial charge in [-0.3, -0.25) is 24.0 Å². The molecule has 0 aliphatic rings. The van der Waals surface area contributed by atoms with Gasteiger partial charge < -0.3 is 20.7 Å². The van der Waals surface area contributed by atoms with Crippen molar-refractivity contribution in [2.24, 2.45) is 0 Å². The number of aromatic nitrogens is 1. The van der Waals surface area contributed by atoms with E-state index in [0.29, 0.717) is 30.1 Å². The predicted octanol–water partition coefficient (Wildman–Crippen LogP) is 2.91. The summed E-state index contributed by atoms with van der Waals surface area (Å²) in [6, 6.07) is 9.50. The highest BCUT2D eigenvalue weighted by molar-refractivity contribution is 8.13. The standard InChI is InChI=1S/C27H32N4O6S2/c1-3-21(26(35)28-4-2)31-27(36)22-17-39-24(30-22)16-29-23(33)15-20(37-18-32)12-8-9-13-38-25(34)14-19-10-6-5-7-11-19/h3,5-8,10-12,17-18,20H,4,9,13-16H2,1-2H3,(H,28,35)(H,29,33)(H,31,36)/b12-8+,21-3-. The molecule has 39 heavy (non-hydrogen) atoms. The van der Waals surface area contributed by atoms with Crippen LogP contribution in [0.15, 0.2) is 59.6 Å². The molecular formula is C27H32N4O6S2. The molecule has 1 aromatic heterocycles. The van der Waals surface area contributed by atoms with Gasteiger partial charge in [0, 0.05) is 24.1 Å². The van der Waals surface area contributed by atoms with Crippen LogP contribution in [-0.4, -0.2) is 52.7 Å². The predicted molar refractivity (Wildman–Crippen MR) is 151 cm³/mol. The van der Waals surface area contributed by atoms with Crippen LogP contribution in [0.25, 0.3) is 0 Å². The summed E-state index contributed by atoms with van der Waals surface area (Å²) >= 11 is 2.42. The molecule has 0 aliphatic heterocycles. The van der Waals surface area contributed by atoms with Gasteiger partial charge in [-0.25, -0.2) is 4.98 Å². The van der Waals surface area contributed by atoms with Crippen molar-refractivity contribution >= 4 is 52.4 Å². The van der Waals surface area contributed by atoms with Crippen molar-refractivity contribution in [1.82, 2.24) is 20.9 Å². The van der Waals surface area contributed by atoms with Crippen molar-refractivity contribution in [3.05, 3.63) is 75.9 Å². The van der Waals surface area contributed by atoms with Gasteiger partial charge in [-0.15, -0.1) is 11.3 Å². The van der Waals surface area contributed by atoms with Crippen molar-refractivity contribution in [2.75, 3.05) is 12.3 Å². The van der Waals surface area contributed by atoms with E-state index in [4.69, 9.17) is 4.74 Å². The number of thioether (sulfide) groups is 1. The first kappa shape index (κ1) is 31.4. The smallest absolute Gasteiger partial charge is 0.293 e. The lowest BCUT2D eigenvalue weighted by molar-refractivity contribution is -0.134. The molecule has 1 atom stereocenters. The van der Waals surface area contributed by atoms with E-state index in [1.54, 1.807) is 26.0 Å². The maximum atomic E-state index is 12.4. The Kier molecular flexibility index (Phi) is 14.3. The van der Waals surface area contributed by atoms with Gasteiger partial charge in [0.1, 0.15) is 22.5 Å². The Morgan fingerprint density at radius 3 is 2.62 bits per heavy atom. The topological polar surface area (TPSA) is 144 Å². The van der Waals surface area contributed by atoms with Gasteiger partial charge in [0.15, 0.2) is 5.12 Å². The molecule has 3 N–H and O–H groups in total. The summed E-state index contributed by atoms with van der Waals surface area (Å²) in [6.07, 6.45) is 4.98. The lowest BCUT2D eigenvalue weighted by Crippen LogP contribution is -2.34. The molecule has 2 aromatic rings. The quantitative estimate of drug-likeness (QED) is 0.121. The van der Waals surface area contributed by atoms with Crippen LogP contribution in [0.2, 0.25) is 0 Å². The van der Waals surface area contributed by atoms with Gasteiger partial charge in [-0.1, -0.05) is 54.2 Å². The van der Waals surface area contributed by atoms with Gasteiger partial charge in [0.25, 0.3) is 18.3 Å². The number of rotatable bonds is 16. The van der Waals surface area contributed by atoms with Crippen LogP contribution in [0.3, 0.4) is 0 Å². The van der Waals surface area contributed by atoms with E-state index in [1.807, 2.05) is 30.3 Å². The molecule has 2 rings (SSSR count). The zero-order valence-corrected chi connectivity index (χ0v) is 23.4. The fourth-order valence-electron chi connectivity index (χ4n) is 3.16. The minimum atomic E-state index is -0.751. The SMILES string of the molecule is C/C=C(\NC(=O)c1csc(CNC(=O)CC(/C=C/CCSC(=O)Cc2ccccc2)OC=O)n1)C(=O)NCC. The Bertz CT molecular complexity index is 1180. The van der Waals surface area contributed by atoms with Gasteiger partial charge in [0.05, 0.1) is 13.0 Å². The third-order valence-corrected chi connectivity index (χ3v) is 6.80. The third kappa shape index (κ3) is 12.1. The number of likely N-dealkylation sites (N-methyl/N-ethyl adjacent to an activating group) is 1. The molecule has 0 aliphatic carbocycles. The van der Waals surface area contributed by atoms with Crippen LogP contribution < -0.4 is 16.0 Å². The molecule has 0 bridgehead atoms. The zero-order chi connectivity index (χ0) is 28.5. The summed E-state index contributed by atoms with van der Waals surface area (Å²) in [5.74, 6) is -0.728. The van der Waals surface area contributed by atoms with Crippen LogP contribution >= 0.6 is 23.1 Å². The van der Waals surface area contributed by atoms with Gasteiger partial charge in [-0.2, -0.15) is 0 Å². The number of allylic oxidation sites excluding steroid dienone is 2. The molecule has 3 amide bonds. The minimum Gasteiger partial charge on any atom is -0.460 e. The third-order valence-electron chi connectivity index (χ3n) is 5.05. The zero-order valence-electron chi connectivity index (χ0n) is 21.8. The van der Waals surface area contributed by atoms with Crippen molar-refractivity contribution in [2.45, 2.75) is 45.8 Å². The first-order valence-electron chi connectivity index (χ1n) is 12.3. The van der Waals surface area contributed by atoms with E-state index < -0.39 is 17.9 Å². The molecule has 12 heteroatoms. The van der Waals surface area contributed by atoms with Crippen LogP contribution in [0.4, 0.5) is 0 Å². The molecule has 0 saturated carbocycles. The first-order chi connectivity index (χ1) is 18.9. The highest BCUT2D eigenvalue weighted by Crippen LogP contribution is 2.12. The van der Waals surface area contributed by atoms with Crippen LogP contribution in [-0.2, 0) is 36.9 Å². The molecule has 0 saturated heterocycles. The fraction of sp³-hybridized carbons (Fsp3) is 0.333. The van der Waals surface area contributed by atoms with Crippen molar-refractivity contribution < 1.29 is 28.7 Å². The second-order valence-electron chi connectivity index (χ2n) is 7.99. The Labute approximate surface area is 235 Å². The average molecular weight is 573 g/mol. The van der Waals surface area contributed by atoms with Crippen LogP contribution in [0.1, 0.15) is 47.7 Å². The molecule has 1 aromatic carbocycles. The number of carbonyl (C=O) groups excluding carboxylic acids is 5. The monoisotopic (exact) mass is 572 g/mol. The minimum absolute atomic E-state index is 0.0711. The van der Waals surface area contributed by atoms with E-state index in [1.165, 1.54) is 34.6 Å². The first-order valence-corrected chi connectivity index (χ1v) is 14.1. The number of nitrogens with zero attached hydrogens (tertiary/aromatic N) is 1. The van der Waals surface area contributed by atoms with Crippen LogP contribution in [0, 0.1) is 0 Å². The van der Waals surface area contributed by atoms with Gasteiger partial charge >= 0.3 is 0 Å². The average Bonchev–Trinajstić information content (AvgIpc) is 3.40. The van der Waals surface area contributed by atoms with Crippen LogP contribution in [0.5, 0.6) is 0 Å². The summed E-state index contributed by atoms with van der Waals surface area (Å²) in [5, 5.41) is 9.92. The van der Waals surface area contributed by atoms with E-state index >= 15 is 0 Å². The number of carbonyl (C=O) groups is 5. The second kappa shape index (κ2) is 17.7. The van der Waals surface area contributed by atoms with Crippen molar-refractivity contribution in [3.8, 4) is 0 Å². The summed E-state index contributed by atoms with van der Waals surface area (Å²) in [5.41, 5.74) is 1.21. The Morgan fingerprint density at radius 1 is 1.15 bits per heavy atom. The van der Waals surface area contributed by atoms with E-state index in [-0.39, 0.29) is 41.9 Å². The maximum Gasteiger partial charge on any atom is 0.293 e. The van der Waals surface area contributed by atoms with Gasteiger partial charge in [0.2, 0.25) is 5.91 Å². The lowest BCUT2D eigenvalue weighted by Gasteiger charge is -2.10. The Morgan fingerprint density at radius 2 is 1.92 bits per heavy atom. The van der Waals surface area contributed by atoms with E-state index in [2.05, 4.69) is 20.9 Å². The Balaban J connectivity index is 1.75. The summed E-state index contributed by atoms with van der Waals surface area (Å²) in [7, 11) is 0. The van der Waals surface area contributed by atoms with Crippen molar-refractivity contribution in [3.63, 3.8) is 0 Å². The number of hydrogen-bond donors (Lipinski definition) is 3. The lowest BCUT2D eigenvalue weighted by atomic mass is 10.2. The molecule has 0 fully saturated rings. The fourth-order valence-corrected chi connectivity index (χ4v) is 4.63. The molecule has 208 valence electrons. The largest absolute Gasteiger partial charge is 0.460 e. The number of benzene rings is 1. The number of amides is 3. The molecule has 0 radical (unpaired) electrons. The normalized spacial score (nSPS) is 12.0. The summed E-state index contributed by atoms with van der Waals surface area (Å²) in [4.78, 5) is 63.8. The number of ether oxygens (including phenoxy) is 1. The maximum absolute atomic E-state index is 12.4. The van der Waals surface area contributed by atoms with Gasteiger partial charge in [-0.05, 0) is 31.9 Å². The van der Waals surface area contributed by atoms with E-state index in [0.717, 1.165) is 5.56 Å². The van der Waals surface area contributed by atoms with E-state index in [9.17, 15) is 24.0 Å². The molecule has 0 spiro atoms. The highest BCUT2D eigenvalue weighted by atomic mass is 32.2. The second-order valence-corrected chi connectivity index (χ2v) is 10.1. The Hall–Kier alpha value is -3.77. The summed E-state index contributed by atoms with van der Waals surface area (Å²) in [6.45, 7) is 4.20. The molecule has 1 unspecified atom stereocenters. The summed E-state index contributed by atoms with van der Waals surface area (Å²) < 4.78 is 4.99. The molecule has 10 nitrogen and oxygen atoms in total. The number of nitrogens with one attached hydrogen (secondary N) is 3. The molecular weight excluding hydrogens is 540 g/mol. The number of hydrogen-bond acceptors (Lipinski definition) is 9.